The van der Waals surface area contributed by atoms with Crippen molar-refractivity contribution < 1.29 is 4.42 Å². The summed E-state index contributed by atoms with van der Waals surface area (Å²) in [5.74, 6) is 0.00268. The maximum absolute atomic E-state index is 7.28. The number of thiophene rings is 1. The van der Waals surface area contributed by atoms with Crippen LogP contribution >= 0.6 is 33.9 Å². The number of rotatable bonds is 6. The van der Waals surface area contributed by atoms with Crippen molar-refractivity contribution in [3.63, 3.8) is 0 Å². The number of hydrogen-bond donors (Lipinski definition) is 0. The topological polar surface area (TPSA) is 25.5 Å². The third-order valence-corrected chi connectivity index (χ3v) is 13.8. The second-order valence-electron chi connectivity index (χ2n) is 14.6. The van der Waals surface area contributed by atoms with Crippen molar-refractivity contribution in [2.24, 2.45) is 4.99 Å². The Labute approximate surface area is 348 Å². The molecule has 0 fully saturated rings. The third kappa shape index (κ3) is 5.77. The Morgan fingerprint density at radius 3 is 1.81 bits per heavy atom. The van der Waals surface area contributed by atoms with Gasteiger partial charge in [-0.2, -0.15) is 0 Å². The molecule has 57 heavy (non-hydrogen) atoms. The summed E-state index contributed by atoms with van der Waals surface area (Å²) in [7, 11) is 0. The average Bonchev–Trinajstić information content (AvgIpc) is 3.86. The maximum atomic E-state index is 7.28. The third-order valence-electron chi connectivity index (χ3n) is 11.3. The first-order valence-electron chi connectivity index (χ1n) is 19.3. The van der Waals surface area contributed by atoms with Gasteiger partial charge in [-0.15, -0.1) is 11.3 Å². The van der Waals surface area contributed by atoms with E-state index in [1.807, 2.05) is 11.3 Å². The number of nitrogens with zero attached hydrogens (tertiary/aromatic N) is 1. The van der Waals surface area contributed by atoms with Gasteiger partial charge in [-0.1, -0.05) is 192 Å². The molecule has 0 N–H and O–H groups in total. The molecule has 0 radical (unpaired) electrons. The van der Waals surface area contributed by atoms with E-state index in [1.165, 1.54) is 31.3 Å². The van der Waals surface area contributed by atoms with Crippen LogP contribution in [0.25, 0.3) is 75.6 Å². The zero-order valence-electron chi connectivity index (χ0n) is 30.8. The molecular weight excluding hydrogens is 826 g/mol. The van der Waals surface area contributed by atoms with Gasteiger partial charge in [-0.05, 0) is 57.7 Å². The highest BCUT2D eigenvalue weighted by molar-refractivity contribution is 14.1. The minimum atomic E-state index is 0.00268. The minimum Gasteiger partial charge on any atom is -0.455 e. The zero-order valence-corrected chi connectivity index (χ0v) is 33.7. The second kappa shape index (κ2) is 14.1. The summed E-state index contributed by atoms with van der Waals surface area (Å²) >= 11 is 4.50. The van der Waals surface area contributed by atoms with Crippen LogP contribution in [-0.4, -0.2) is 9.64 Å². The van der Waals surface area contributed by atoms with Gasteiger partial charge in [-0.3, -0.25) is 4.99 Å². The summed E-state index contributed by atoms with van der Waals surface area (Å²) < 4.78 is 9.93. The number of halogens is 1. The Kier molecular flexibility index (Phi) is 8.48. The molecule has 3 heterocycles. The lowest BCUT2D eigenvalue weighted by Crippen LogP contribution is -2.28. The van der Waals surface area contributed by atoms with Crippen LogP contribution in [0.5, 0.6) is 0 Å². The predicted molar refractivity (Wildman–Crippen MR) is 251 cm³/mol. The van der Waals surface area contributed by atoms with Crippen LogP contribution < -0.4 is 0 Å². The van der Waals surface area contributed by atoms with E-state index < -0.39 is 0 Å². The lowest BCUT2D eigenvalue weighted by molar-refractivity contribution is 0.671. The van der Waals surface area contributed by atoms with Crippen molar-refractivity contribution in [2.75, 3.05) is 0 Å². The normalized spacial score (nSPS) is 15.8. The van der Waals surface area contributed by atoms with Gasteiger partial charge < -0.3 is 4.42 Å². The molecule has 270 valence electrons. The van der Waals surface area contributed by atoms with Crippen molar-refractivity contribution in [1.29, 1.82) is 0 Å². The van der Waals surface area contributed by atoms with E-state index >= 15 is 0 Å². The number of hydrogen-bond acceptors (Lipinski definition) is 3. The monoisotopic (exact) mass is 859 g/mol. The summed E-state index contributed by atoms with van der Waals surface area (Å²) in [6.07, 6.45) is 0. The van der Waals surface area contributed by atoms with Gasteiger partial charge in [0, 0.05) is 53.6 Å². The molecule has 4 heteroatoms. The molecule has 8 aromatic carbocycles. The lowest BCUT2D eigenvalue weighted by Gasteiger charge is -2.34. The number of benzene rings is 8. The van der Waals surface area contributed by atoms with Crippen LogP contribution in [0, 0.1) is 0 Å². The van der Waals surface area contributed by atoms with E-state index in [9.17, 15) is 0 Å². The van der Waals surface area contributed by atoms with Gasteiger partial charge in [0.15, 0.2) is 0 Å². The molecule has 10 aromatic rings. The summed E-state index contributed by atoms with van der Waals surface area (Å²) in [5.41, 5.74) is 14.1. The number of para-hydroxylation sites is 1. The summed E-state index contributed by atoms with van der Waals surface area (Å²) in [4.78, 5) is 5.66. The first-order valence-corrected chi connectivity index (χ1v) is 21.4. The number of furan rings is 1. The van der Waals surface area contributed by atoms with E-state index in [0.29, 0.717) is 0 Å². The molecule has 2 aromatic heterocycles. The Morgan fingerprint density at radius 2 is 1.05 bits per heavy atom. The highest BCUT2D eigenvalue weighted by Gasteiger charge is 2.37. The van der Waals surface area contributed by atoms with Crippen molar-refractivity contribution in [3.05, 3.63) is 216 Å². The fraction of sp³-hybridized carbons (Fsp3) is 0.0377. The van der Waals surface area contributed by atoms with Crippen molar-refractivity contribution in [1.82, 2.24) is 0 Å². The highest BCUT2D eigenvalue weighted by atomic mass is 127. The molecule has 2 nitrogen and oxygen atoms in total. The molecular formula is C53H34INOS. The molecule has 0 amide bonds. The first kappa shape index (κ1) is 34.2. The largest absolute Gasteiger partial charge is 0.455 e. The van der Waals surface area contributed by atoms with Gasteiger partial charge in [0.1, 0.15) is 11.2 Å². The average molecular weight is 860 g/mol. The molecule has 0 saturated heterocycles. The predicted octanol–water partition coefficient (Wildman–Crippen LogP) is 15.2. The van der Waals surface area contributed by atoms with Gasteiger partial charge in [-0.25, -0.2) is 0 Å². The van der Waals surface area contributed by atoms with Crippen LogP contribution in [-0.2, 0) is 0 Å². The molecule has 1 aliphatic rings. The van der Waals surface area contributed by atoms with E-state index in [-0.39, 0.29) is 9.84 Å². The summed E-state index contributed by atoms with van der Waals surface area (Å²) in [6.45, 7) is 0. The molecule has 0 saturated carbocycles. The van der Waals surface area contributed by atoms with Gasteiger partial charge >= 0.3 is 0 Å². The molecule has 1 aliphatic heterocycles. The Bertz CT molecular complexity index is 3180. The second-order valence-corrected chi connectivity index (χ2v) is 17.0. The zero-order chi connectivity index (χ0) is 37.9. The molecule has 1 unspecified atom stereocenters. The summed E-state index contributed by atoms with van der Waals surface area (Å²) in [5, 5.41) is 4.78. The molecule has 0 spiro atoms. The number of alkyl halides is 1. The first-order chi connectivity index (χ1) is 28.2. The van der Waals surface area contributed by atoms with E-state index in [2.05, 4.69) is 217 Å². The fourth-order valence-corrected chi connectivity index (χ4v) is 11.1. The van der Waals surface area contributed by atoms with Crippen LogP contribution in [0.1, 0.15) is 28.2 Å². The quantitative estimate of drug-likeness (QED) is 0.121. The van der Waals surface area contributed by atoms with Crippen molar-refractivity contribution >= 4 is 93.0 Å². The lowest BCUT2D eigenvalue weighted by atomic mass is 9.76. The minimum absolute atomic E-state index is 0.00268. The summed E-state index contributed by atoms with van der Waals surface area (Å²) in [6, 6.07) is 69.8. The van der Waals surface area contributed by atoms with E-state index in [1.54, 1.807) is 0 Å². The van der Waals surface area contributed by atoms with Crippen molar-refractivity contribution in [2.45, 2.75) is 9.84 Å². The van der Waals surface area contributed by atoms with Gasteiger partial charge in [0.2, 0.25) is 0 Å². The molecule has 11 rings (SSSR count). The number of fused-ring (bicyclic) bond motifs is 6. The number of allylic oxidation sites excluding steroid dienone is 1. The van der Waals surface area contributed by atoms with Crippen LogP contribution in [0.3, 0.4) is 0 Å². The van der Waals surface area contributed by atoms with E-state index in [0.717, 1.165) is 72.3 Å². The number of aliphatic imine (C=N–C) groups is 1. The fourth-order valence-electron chi connectivity index (χ4n) is 8.73. The SMILES string of the molecule is I[C@@H]1C(c2ccccc2)=NC(c2ccccc2)=C(c2ccc(-c3ccccc3)c3oc4c(-c5ccc6sc7ccccc7c6c5)cccc4c23)C1c1ccccc1. The molecule has 2 atom stereocenters. The highest BCUT2D eigenvalue weighted by Crippen LogP contribution is 2.52. The Morgan fingerprint density at radius 1 is 0.456 bits per heavy atom. The smallest absolute Gasteiger partial charge is 0.143 e. The molecule has 0 aliphatic carbocycles. The van der Waals surface area contributed by atoms with E-state index in [4.69, 9.17) is 9.41 Å². The van der Waals surface area contributed by atoms with Crippen molar-refractivity contribution in [3.8, 4) is 22.3 Å². The Balaban J connectivity index is 1.25. The van der Waals surface area contributed by atoms with Gasteiger partial charge in [0.25, 0.3) is 0 Å². The Hall–Kier alpha value is -6.08. The van der Waals surface area contributed by atoms with Crippen LogP contribution in [0.2, 0.25) is 0 Å². The molecule has 0 bridgehead atoms. The van der Waals surface area contributed by atoms with Crippen LogP contribution in [0.4, 0.5) is 0 Å². The standard InChI is InChI=1S/C53H34INOS/c54-49-46(34-18-7-2-8-19-34)48(50(35-20-9-3-10-21-35)55-51(49)36-22-11-4-12-23-36)41-30-29-39(33-16-5-1-6-17-33)53-47(41)42-26-15-25-38(52(42)56-53)37-28-31-45-43(32-37)40-24-13-14-27-44(40)57-45/h1-32,46,49H/t46?,49-/m0/s1. The maximum Gasteiger partial charge on any atom is 0.143 e. The van der Waals surface area contributed by atoms with Gasteiger partial charge in [0.05, 0.1) is 15.3 Å². The van der Waals surface area contributed by atoms with Crippen LogP contribution in [0.15, 0.2) is 204 Å².